The highest BCUT2D eigenvalue weighted by atomic mass is 16.5. The number of carbonyl (C=O) groups is 1. The summed E-state index contributed by atoms with van der Waals surface area (Å²) in [4.78, 5) is 12.0. The Bertz CT molecular complexity index is 445. The third-order valence-corrected chi connectivity index (χ3v) is 3.11. The summed E-state index contributed by atoms with van der Waals surface area (Å²) in [5, 5.41) is 3.22. The number of nitrogens with one attached hydrogen (secondary N) is 1. The monoisotopic (exact) mass is 279 g/mol. The largest absolute Gasteiger partial charge is 0.491 e. The van der Waals surface area contributed by atoms with Gasteiger partial charge in [0.2, 0.25) is 0 Å². The number of carbonyl (C=O) groups excluding carboxylic acids is 1. The second kappa shape index (κ2) is 7.29. The van der Waals surface area contributed by atoms with E-state index in [1.165, 1.54) is 7.11 Å². The van der Waals surface area contributed by atoms with E-state index in [-0.39, 0.29) is 18.6 Å². The number of esters is 1. The van der Waals surface area contributed by atoms with Gasteiger partial charge in [0.05, 0.1) is 7.11 Å². The molecule has 4 nitrogen and oxygen atoms in total. The number of hydrogen-bond acceptors (Lipinski definition) is 4. The Hall–Kier alpha value is -1.55. The summed E-state index contributed by atoms with van der Waals surface area (Å²) >= 11 is 0. The fourth-order valence-electron chi connectivity index (χ4n) is 2.18. The van der Waals surface area contributed by atoms with Crippen molar-refractivity contribution in [2.24, 2.45) is 0 Å². The van der Waals surface area contributed by atoms with E-state index in [2.05, 4.69) is 12.2 Å². The second-order valence-corrected chi connectivity index (χ2v) is 5.37. The van der Waals surface area contributed by atoms with E-state index in [1.807, 2.05) is 38.1 Å². The molecule has 1 aromatic rings. The van der Waals surface area contributed by atoms with Crippen molar-refractivity contribution in [1.29, 1.82) is 0 Å². The van der Waals surface area contributed by atoms with Crippen molar-refractivity contribution in [3.63, 3.8) is 0 Å². The molecule has 0 saturated carbocycles. The molecule has 0 saturated heterocycles. The lowest BCUT2D eigenvalue weighted by molar-refractivity contribution is -0.149. The highest BCUT2D eigenvalue weighted by molar-refractivity contribution is 5.80. The topological polar surface area (TPSA) is 47.6 Å². The lowest BCUT2D eigenvalue weighted by Gasteiger charge is -2.30. The van der Waals surface area contributed by atoms with Gasteiger partial charge in [-0.2, -0.15) is 0 Å². The van der Waals surface area contributed by atoms with Crippen molar-refractivity contribution in [2.75, 3.05) is 13.7 Å². The van der Waals surface area contributed by atoms with E-state index in [4.69, 9.17) is 9.47 Å². The minimum atomic E-state index is -0.857. The number of para-hydroxylation sites is 1. The minimum absolute atomic E-state index is 0.157. The van der Waals surface area contributed by atoms with Crippen molar-refractivity contribution in [3.05, 3.63) is 29.8 Å². The predicted molar refractivity (Wildman–Crippen MR) is 80.0 cm³/mol. The maximum atomic E-state index is 12.0. The summed E-state index contributed by atoms with van der Waals surface area (Å²) in [5.74, 6) is 0.496. The Morgan fingerprint density at radius 1 is 1.35 bits per heavy atom. The average Bonchev–Trinajstić information content (AvgIpc) is 2.43. The molecule has 0 amide bonds. The summed E-state index contributed by atoms with van der Waals surface area (Å²) < 4.78 is 10.7. The van der Waals surface area contributed by atoms with Gasteiger partial charge in [-0.1, -0.05) is 25.1 Å². The number of aryl methyl sites for hydroxylation is 1. The van der Waals surface area contributed by atoms with Gasteiger partial charge in [-0.3, -0.25) is 5.32 Å². The third-order valence-electron chi connectivity index (χ3n) is 3.11. The quantitative estimate of drug-likeness (QED) is 0.779. The third kappa shape index (κ3) is 4.23. The predicted octanol–water partition coefficient (Wildman–Crippen LogP) is 2.56. The van der Waals surface area contributed by atoms with Gasteiger partial charge in [0.1, 0.15) is 17.9 Å². The van der Waals surface area contributed by atoms with Gasteiger partial charge in [0.25, 0.3) is 0 Å². The van der Waals surface area contributed by atoms with Crippen molar-refractivity contribution < 1.29 is 14.3 Å². The van der Waals surface area contributed by atoms with Crippen LogP contribution in [0.1, 0.15) is 33.3 Å². The van der Waals surface area contributed by atoms with Gasteiger partial charge in [-0.15, -0.1) is 0 Å². The van der Waals surface area contributed by atoms with Gasteiger partial charge in [-0.05, 0) is 38.8 Å². The zero-order valence-corrected chi connectivity index (χ0v) is 13.0. The first-order valence-corrected chi connectivity index (χ1v) is 6.99. The molecule has 20 heavy (non-hydrogen) atoms. The fourth-order valence-corrected chi connectivity index (χ4v) is 2.18. The number of hydrogen-bond donors (Lipinski definition) is 1. The van der Waals surface area contributed by atoms with Crippen LogP contribution in [0.25, 0.3) is 0 Å². The van der Waals surface area contributed by atoms with E-state index < -0.39 is 5.54 Å². The SMILES string of the molecule is CCc1ccccc1OCC(C)(NC(C)C)C(=O)OC. The molecule has 4 heteroatoms. The van der Waals surface area contributed by atoms with Crippen LogP contribution in [-0.4, -0.2) is 31.3 Å². The molecule has 1 aromatic carbocycles. The highest BCUT2D eigenvalue weighted by Crippen LogP contribution is 2.20. The van der Waals surface area contributed by atoms with E-state index in [1.54, 1.807) is 6.92 Å². The van der Waals surface area contributed by atoms with Crippen LogP contribution in [0, 0.1) is 0 Å². The molecule has 0 radical (unpaired) electrons. The molecular weight excluding hydrogens is 254 g/mol. The van der Waals surface area contributed by atoms with Crippen LogP contribution < -0.4 is 10.1 Å². The normalized spacial score (nSPS) is 13.9. The lowest BCUT2D eigenvalue weighted by atomic mass is 10.0. The Kier molecular flexibility index (Phi) is 6.02. The molecule has 1 rings (SSSR count). The number of benzene rings is 1. The minimum Gasteiger partial charge on any atom is -0.491 e. The Balaban J connectivity index is 2.83. The smallest absolute Gasteiger partial charge is 0.329 e. The van der Waals surface area contributed by atoms with Crippen LogP contribution in [0.4, 0.5) is 0 Å². The molecule has 0 fully saturated rings. The van der Waals surface area contributed by atoms with E-state index >= 15 is 0 Å². The fraction of sp³-hybridized carbons (Fsp3) is 0.562. The average molecular weight is 279 g/mol. The van der Waals surface area contributed by atoms with Crippen LogP contribution in [0.5, 0.6) is 5.75 Å². The van der Waals surface area contributed by atoms with Gasteiger partial charge < -0.3 is 9.47 Å². The number of ether oxygens (including phenoxy) is 2. The molecule has 0 bridgehead atoms. The summed E-state index contributed by atoms with van der Waals surface area (Å²) in [5.41, 5.74) is 0.272. The molecule has 1 atom stereocenters. The molecule has 1 unspecified atom stereocenters. The molecule has 0 aliphatic carbocycles. The summed E-state index contributed by atoms with van der Waals surface area (Å²) in [6.45, 7) is 8.08. The molecule has 0 spiro atoms. The van der Waals surface area contributed by atoms with E-state index in [0.717, 1.165) is 17.7 Å². The van der Waals surface area contributed by atoms with Crippen LogP contribution in [-0.2, 0) is 16.0 Å². The van der Waals surface area contributed by atoms with Crippen molar-refractivity contribution in [2.45, 2.75) is 45.7 Å². The van der Waals surface area contributed by atoms with Gasteiger partial charge >= 0.3 is 5.97 Å². The summed E-state index contributed by atoms with van der Waals surface area (Å²) in [6, 6.07) is 8.02. The van der Waals surface area contributed by atoms with Crippen LogP contribution in [0.3, 0.4) is 0 Å². The van der Waals surface area contributed by atoms with Gasteiger partial charge in [0, 0.05) is 6.04 Å². The summed E-state index contributed by atoms with van der Waals surface area (Å²) in [7, 11) is 1.39. The van der Waals surface area contributed by atoms with Crippen LogP contribution in [0.15, 0.2) is 24.3 Å². The van der Waals surface area contributed by atoms with Gasteiger partial charge in [0.15, 0.2) is 0 Å². The molecule has 1 N–H and O–H groups in total. The van der Waals surface area contributed by atoms with Crippen molar-refractivity contribution >= 4 is 5.97 Å². The Labute approximate surface area is 121 Å². The van der Waals surface area contributed by atoms with E-state index in [0.29, 0.717) is 0 Å². The van der Waals surface area contributed by atoms with Crippen molar-refractivity contribution in [3.8, 4) is 5.75 Å². The number of rotatable bonds is 7. The maximum Gasteiger partial charge on any atom is 0.329 e. The first-order valence-electron chi connectivity index (χ1n) is 6.99. The molecule has 0 aromatic heterocycles. The molecule has 0 aliphatic heterocycles. The Morgan fingerprint density at radius 2 is 2.00 bits per heavy atom. The molecular formula is C16H25NO3. The summed E-state index contributed by atoms with van der Waals surface area (Å²) in [6.07, 6.45) is 0.892. The first kappa shape index (κ1) is 16.5. The zero-order valence-electron chi connectivity index (χ0n) is 13.0. The van der Waals surface area contributed by atoms with Crippen LogP contribution >= 0.6 is 0 Å². The van der Waals surface area contributed by atoms with E-state index in [9.17, 15) is 4.79 Å². The Morgan fingerprint density at radius 3 is 2.55 bits per heavy atom. The molecule has 0 aliphatic rings. The highest BCUT2D eigenvalue weighted by Gasteiger charge is 2.36. The maximum absolute atomic E-state index is 12.0. The number of methoxy groups -OCH3 is 1. The molecule has 0 heterocycles. The van der Waals surface area contributed by atoms with Crippen LogP contribution in [0.2, 0.25) is 0 Å². The molecule has 112 valence electrons. The first-order chi connectivity index (χ1) is 9.42. The second-order valence-electron chi connectivity index (χ2n) is 5.37. The standard InChI is InChI=1S/C16H25NO3/c1-6-13-9-7-8-10-14(13)20-11-16(4,15(18)19-5)17-12(2)3/h7-10,12,17H,6,11H2,1-5H3. The lowest BCUT2D eigenvalue weighted by Crippen LogP contribution is -2.56. The van der Waals surface area contributed by atoms with Gasteiger partial charge in [-0.25, -0.2) is 4.79 Å². The van der Waals surface area contributed by atoms with Crippen molar-refractivity contribution in [1.82, 2.24) is 5.32 Å². The zero-order chi connectivity index (χ0) is 15.2.